The van der Waals surface area contributed by atoms with E-state index in [9.17, 15) is 0 Å². The number of benzene rings is 3. The van der Waals surface area contributed by atoms with E-state index in [1.54, 1.807) is 0 Å². The Morgan fingerprint density at radius 2 is 1.35 bits per heavy atom. The van der Waals surface area contributed by atoms with Gasteiger partial charge in [0.05, 0.1) is 6.04 Å². The van der Waals surface area contributed by atoms with Crippen molar-refractivity contribution in [3.8, 4) is 0 Å². The van der Waals surface area contributed by atoms with Crippen molar-refractivity contribution in [3.63, 3.8) is 0 Å². The van der Waals surface area contributed by atoms with Gasteiger partial charge in [-0.25, -0.2) is 4.99 Å². The molecule has 0 spiro atoms. The Morgan fingerprint density at radius 1 is 0.791 bits per heavy atom. The molecule has 5 atom stereocenters. The fraction of sp³-hybridized carbons (Fsp3) is 0.457. The zero-order valence-corrected chi connectivity index (χ0v) is 26.9. The number of fused-ring (bicyclic) bond motifs is 1. The summed E-state index contributed by atoms with van der Waals surface area (Å²) < 4.78 is 40.6. The Balaban J connectivity index is 1.50. The number of hydrogen-bond donors (Lipinski definition) is 0. The summed E-state index contributed by atoms with van der Waals surface area (Å²) in [7, 11) is -2.02. The third kappa shape index (κ3) is 5.92. The highest BCUT2D eigenvalue weighted by atomic mass is 31.2. The number of aliphatic imine (C=N–C) groups is 1. The van der Waals surface area contributed by atoms with Gasteiger partial charge in [0, 0.05) is 0 Å². The first-order valence-corrected chi connectivity index (χ1v) is 16.1. The lowest BCUT2D eigenvalue weighted by Gasteiger charge is -2.40. The second-order valence-electron chi connectivity index (χ2n) is 13.5. The molecule has 6 rings (SSSR count). The highest BCUT2D eigenvalue weighted by molar-refractivity contribution is 7.41. The van der Waals surface area contributed by atoms with Crippen LogP contribution < -0.4 is 0 Å². The lowest BCUT2D eigenvalue weighted by molar-refractivity contribution is -0.171. The maximum Gasteiger partial charge on any atom is 0.335 e. The minimum Gasteiger partial charge on any atom is -0.477 e. The standard InChI is InChI=1S/C35H42NO6P/c1-32(2,3)27-23-37-31(36-27)33(4,5)41-43-40-28(24-17-11-8-12-18-24)29-30(39-34(6,7)38-29)35(42-43,25-19-13-9-14-20-25)26-21-15-10-16-22-26/h8-22,27-30H,23H2,1-7H3/t27-,28?,29+,30?,43?/m1/s1. The van der Waals surface area contributed by atoms with Crippen molar-refractivity contribution >= 4 is 14.5 Å². The second kappa shape index (κ2) is 11.4. The van der Waals surface area contributed by atoms with Gasteiger partial charge in [-0.05, 0) is 49.8 Å². The van der Waals surface area contributed by atoms with E-state index >= 15 is 0 Å². The molecule has 0 radical (unpaired) electrons. The molecule has 3 aliphatic rings. The molecule has 0 amide bonds. The molecule has 2 saturated heterocycles. The Bertz CT molecular complexity index is 1380. The first-order chi connectivity index (χ1) is 20.4. The van der Waals surface area contributed by atoms with Crippen LogP contribution in [-0.4, -0.2) is 42.1 Å². The first kappa shape index (κ1) is 30.4. The lowest BCUT2D eigenvalue weighted by Crippen LogP contribution is -2.48. The van der Waals surface area contributed by atoms with Crippen LogP contribution in [0.1, 0.15) is 71.3 Å². The van der Waals surface area contributed by atoms with Crippen LogP contribution in [0.25, 0.3) is 0 Å². The molecule has 0 N–H and O–H groups in total. The fourth-order valence-electron chi connectivity index (χ4n) is 5.95. The van der Waals surface area contributed by atoms with Crippen LogP contribution in [0.4, 0.5) is 0 Å². The summed E-state index contributed by atoms with van der Waals surface area (Å²) in [5, 5.41) is 0. The second-order valence-corrected chi connectivity index (χ2v) is 14.5. The van der Waals surface area contributed by atoms with E-state index in [0.717, 1.165) is 16.7 Å². The van der Waals surface area contributed by atoms with Gasteiger partial charge >= 0.3 is 8.60 Å². The largest absolute Gasteiger partial charge is 0.477 e. The van der Waals surface area contributed by atoms with Gasteiger partial charge in [-0.3, -0.25) is 9.05 Å². The molecule has 0 aliphatic carbocycles. The van der Waals surface area contributed by atoms with Crippen LogP contribution in [0.2, 0.25) is 0 Å². The van der Waals surface area contributed by atoms with Crippen molar-refractivity contribution in [1.29, 1.82) is 0 Å². The van der Waals surface area contributed by atoms with E-state index in [1.807, 2.05) is 94.4 Å². The molecule has 228 valence electrons. The van der Waals surface area contributed by atoms with Crippen LogP contribution in [0.15, 0.2) is 96.0 Å². The topological polar surface area (TPSA) is 67.7 Å². The molecule has 7 nitrogen and oxygen atoms in total. The van der Waals surface area contributed by atoms with Crippen LogP contribution in [0.3, 0.4) is 0 Å². The summed E-state index contributed by atoms with van der Waals surface area (Å²) in [4.78, 5) is 4.95. The van der Waals surface area contributed by atoms with E-state index in [1.165, 1.54) is 0 Å². The molecule has 0 aromatic heterocycles. The molecule has 2 fully saturated rings. The normalized spacial score (nSPS) is 28.4. The van der Waals surface area contributed by atoms with Gasteiger partial charge in [0.1, 0.15) is 30.5 Å². The number of hydrogen-bond acceptors (Lipinski definition) is 7. The van der Waals surface area contributed by atoms with E-state index in [-0.39, 0.29) is 11.5 Å². The summed E-state index contributed by atoms with van der Waals surface area (Å²) in [6.45, 7) is 14.8. The Labute approximate surface area is 256 Å². The SMILES string of the molecule is CC1(C)OC2[C@@H](O1)C(c1ccccc1)OP(OC(C)(C)C1=N[C@@H](C(C)(C)C)CO1)OC2(c1ccccc1)c1ccccc1. The third-order valence-corrected chi connectivity index (χ3v) is 9.69. The van der Waals surface area contributed by atoms with Crippen molar-refractivity contribution in [2.24, 2.45) is 10.4 Å². The summed E-state index contributed by atoms with van der Waals surface area (Å²) in [6, 6.07) is 30.4. The quantitative estimate of drug-likeness (QED) is 0.265. The van der Waals surface area contributed by atoms with Crippen LogP contribution in [0.5, 0.6) is 0 Å². The van der Waals surface area contributed by atoms with Gasteiger partial charge < -0.3 is 18.7 Å². The zero-order valence-electron chi connectivity index (χ0n) is 26.0. The van der Waals surface area contributed by atoms with Gasteiger partial charge in [-0.15, -0.1) is 0 Å². The number of nitrogens with zero attached hydrogens (tertiary/aromatic N) is 1. The highest BCUT2D eigenvalue weighted by Gasteiger charge is 2.62. The summed E-state index contributed by atoms with van der Waals surface area (Å²) in [6.07, 6.45) is -1.61. The summed E-state index contributed by atoms with van der Waals surface area (Å²) in [5.41, 5.74) is 0.726. The predicted octanol–water partition coefficient (Wildman–Crippen LogP) is 8.10. The van der Waals surface area contributed by atoms with E-state index in [4.69, 9.17) is 32.8 Å². The maximum absolute atomic E-state index is 7.22. The molecule has 0 saturated carbocycles. The molecule has 3 aliphatic heterocycles. The minimum absolute atomic E-state index is 0.0299. The van der Waals surface area contributed by atoms with Crippen molar-refractivity contribution in [1.82, 2.24) is 0 Å². The fourth-order valence-corrected chi connectivity index (χ4v) is 7.50. The molecule has 3 unspecified atom stereocenters. The molecule has 0 bridgehead atoms. The molecule has 3 aromatic rings. The van der Waals surface area contributed by atoms with Gasteiger partial charge in [-0.2, -0.15) is 0 Å². The molecular formula is C35H42NO6P. The number of rotatable bonds is 6. The average Bonchev–Trinajstić information content (AvgIpc) is 3.59. The minimum atomic E-state index is -2.02. The first-order valence-electron chi connectivity index (χ1n) is 15.0. The Kier molecular flexibility index (Phi) is 8.04. The van der Waals surface area contributed by atoms with Crippen LogP contribution in [0, 0.1) is 5.41 Å². The highest BCUT2D eigenvalue weighted by Crippen LogP contribution is 2.63. The smallest absolute Gasteiger partial charge is 0.335 e. The summed E-state index contributed by atoms with van der Waals surface area (Å²) in [5.74, 6) is -0.333. The van der Waals surface area contributed by atoms with E-state index < -0.39 is 43.9 Å². The van der Waals surface area contributed by atoms with Crippen molar-refractivity contribution in [2.75, 3.05) is 6.61 Å². The predicted molar refractivity (Wildman–Crippen MR) is 168 cm³/mol. The average molecular weight is 604 g/mol. The van der Waals surface area contributed by atoms with Crippen LogP contribution >= 0.6 is 8.60 Å². The van der Waals surface area contributed by atoms with Gasteiger partial charge in [0.15, 0.2) is 11.4 Å². The van der Waals surface area contributed by atoms with Gasteiger partial charge in [0.2, 0.25) is 5.90 Å². The number of ether oxygens (including phenoxy) is 3. The Morgan fingerprint density at radius 3 is 1.88 bits per heavy atom. The zero-order chi connectivity index (χ0) is 30.5. The van der Waals surface area contributed by atoms with Gasteiger partial charge in [0.25, 0.3) is 0 Å². The Hall–Kier alpha value is -2.64. The van der Waals surface area contributed by atoms with E-state index in [2.05, 4.69) is 45.0 Å². The summed E-state index contributed by atoms with van der Waals surface area (Å²) >= 11 is 0. The monoisotopic (exact) mass is 603 g/mol. The van der Waals surface area contributed by atoms with Crippen molar-refractivity contribution in [3.05, 3.63) is 108 Å². The maximum atomic E-state index is 7.22. The molecule has 43 heavy (non-hydrogen) atoms. The molecular weight excluding hydrogens is 561 g/mol. The van der Waals surface area contributed by atoms with Crippen molar-refractivity contribution < 1.29 is 27.8 Å². The van der Waals surface area contributed by atoms with Crippen molar-refractivity contribution in [2.45, 2.75) is 89.8 Å². The third-order valence-electron chi connectivity index (χ3n) is 8.25. The lowest BCUT2D eigenvalue weighted by atomic mass is 9.78. The van der Waals surface area contributed by atoms with Gasteiger partial charge in [-0.1, -0.05) is 112 Å². The molecule has 3 aromatic carbocycles. The molecule has 3 heterocycles. The van der Waals surface area contributed by atoms with Crippen LogP contribution in [-0.2, 0) is 33.4 Å². The molecule has 8 heteroatoms. The van der Waals surface area contributed by atoms with E-state index in [0.29, 0.717) is 12.5 Å².